The number of aryl methyl sites for hydroxylation is 1. The van der Waals surface area contributed by atoms with Gasteiger partial charge in [-0.1, -0.05) is 30.3 Å². The van der Waals surface area contributed by atoms with Crippen LogP contribution >= 0.6 is 0 Å². The van der Waals surface area contributed by atoms with Crippen LogP contribution in [0, 0.1) is 0 Å². The number of morpholine rings is 1. The molecule has 2 aromatic rings. The molecule has 174 valence electrons. The number of rotatable bonds is 8. The lowest BCUT2D eigenvalue weighted by Crippen LogP contribution is -2.48. The maximum absolute atomic E-state index is 12.6. The Bertz CT molecular complexity index is 825. The average Bonchev–Trinajstić information content (AvgIpc) is 3.29. The fourth-order valence-electron chi connectivity index (χ4n) is 5.16. The van der Waals surface area contributed by atoms with Crippen LogP contribution in [0.1, 0.15) is 44.1 Å². The van der Waals surface area contributed by atoms with E-state index in [9.17, 15) is 9.90 Å². The van der Waals surface area contributed by atoms with Crippen LogP contribution in [-0.4, -0.2) is 75.7 Å². The van der Waals surface area contributed by atoms with E-state index < -0.39 is 0 Å². The smallest absolute Gasteiger partial charge is 0.220 e. The van der Waals surface area contributed by atoms with Crippen molar-refractivity contribution in [3.63, 3.8) is 0 Å². The molecule has 1 amide bonds. The number of amides is 1. The molecule has 1 aliphatic heterocycles. The van der Waals surface area contributed by atoms with Crippen molar-refractivity contribution in [3.05, 3.63) is 48.5 Å². The summed E-state index contributed by atoms with van der Waals surface area (Å²) in [5.74, 6) is 0.0648. The summed E-state index contributed by atoms with van der Waals surface area (Å²) in [6, 6.07) is 10.6. The molecule has 8 nitrogen and oxygen atoms in total. The molecule has 2 aliphatic rings. The van der Waals surface area contributed by atoms with Crippen LogP contribution in [-0.2, 0) is 21.5 Å². The lowest BCUT2D eigenvalue weighted by atomic mass is 9.74. The third kappa shape index (κ3) is 5.74. The zero-order chi connectivity index (χ0) is 22.2. The van der Waals surface area contributed by atoms with Gasteiger partial charge >= 0.3 is 0 Å². The van der Waals surface area contributed by atoms with Gasteiger partial charge in [0.15, 0.2) is 0 Å². The first-order valence-electron chi connectivity index (χ1n) is 11.8. The normalized spacial score (nSPS) is 27.0. The number of nitrogens with zero attached hydrogens (tertiary/aromatic N) is 4. The molecule has 8 heteroatoms. The molecule has 0 radical (unpaired) electrons. The Hall–Kier alpha value is -2.29. The number of carbonyl (C=O) groups excluding carboxylic acids is 1. The fraction of sp³-hybridized carbons (Fsp3) is 0.625. The van der Waals surface area contributed by atoms with Gasteiger partial charge in [-0.3, -0.25) is 14.4 Å². The van der Waals surface area contributed by atoms with E-state index in [0.29, 0.717) is 19.5 Å². The molecule has 1 saturated heterocycles. The second kappa shape index (κ2) is 11.0. The highest BCUT2D eigenvalue weighted by Gasteiger charge is 2.40. The van der Waals surface area contributed by atoms with Gasteiger partial charge in [-0.2, -0.15) is 5.10 Å². The summed E-state index contributed by atoms with van der Waals surface area (Å²) in [4.78, 5) is 18.9. The van der Waals surface area contributed by atoms with E-state index in [1.54, 1.807) is 11.0 Å². The van der Waals surface area contributed by atoms with Crippen molar-refractivity contribution in [1.82, 2.24) is 25.0 Å². The van der Waals surface area contributed by atoms with Gasteiger partial charge in [0.2, 0.25) is 5.91 Å². The molecule has 1 saturated carbocycles. The first-order chi connectivity index (χ1) is 15.7. The van der Waals surface area contributed by atoms with Crippen molar-refractivity contribution in [2.75, 3.05) is 32.8 Å². The second-order valence-corrected chi connectivity index (χ2v) is 9.05. The first-order valence-corrected chi connectivity index (χ1v) is 11.8. The van der Waals surface area contributed by atoms with E-state index in [2.05, 4.69) is 44.6 Å². The van der Waals surface area contributed by atoms with Crippen molar-refractivity contribution in [2.45, 2.75) is 62.6 Å². The summed E-state index contributed by atoms with van der Waals surface area (Å²) < 4.78 is 7.26. The highest BCUT2D eigenvalue weighted by Crippen LogP contribution is 2.39. The lowest BCUT2D eigenvalue weighted by Gasteiger charge is -2.37. The van der Waals surface area contributed by atoms with Crippen LogP contribution in [0.15, 0.2) is 43.0 Å². The van der Waals surface area contributed by atoms with Gasteiger partial charge in [-0.05, 0) is 37.7 Å². The molecule has 4 rings (SSSR count). The van der Waals surface area contributed by atoms with E-state index in [1.165, 1.54) is 11.9 Å². The van der Waals surface area contributed by atoms with Crippen molar-refractivity contribution in [2.24, 2.45) is 0 Å². The molecule has 2 fully saturated rings. The van der Waals surface area contributed by atoms with Crippen LogP contribution in [0.4, 0.5) is 0 Å². The summed E-state index contributed by atoms with van der Waals surface area (Å²) in [5, 5.41) is 18.3. The van der Waals surface area contributed by atoms with Crippen LogP contribution in [0.2, 0.25) is 0 Å². The quantitative estimate of drug-likeness (QED) is 0.607. The lowest BCUT2D eigenvalue weighted by molar-refractivity contribution is -0.121. The van der Waals surface area contributed by atoms with Crippen LogP contribution in [0.25, 0.3) is 0 Å². The summed E-state index contributed by atoms with van der Waals surface area (Å²) in [7, 11) is 0. The number of nitrogens with one attached hydrogen (secondary N) is 1. The first kappa shape index (κ1) is 22.9. The topological polar surface area (TPSA) is 92.5 Å². The van der Waals surface area contributed by atoms with Gasteiger partial charge < -0.3 is 15.2 Å². The van der Waals surface area contributed by atoms with Crippen LogP contribution in [0.3, 0.4) is 0 Å². The summed E-state index contributed by atoms with van der Waals surface area (Å²) in [5.41, 5.74) is 1.09. The van der Waals surface area contributed by atoms with Crippen molar-refractivity contribution in [3.8, 4) is 0 Å². The molecular weight excluding hydrogens is 406 g/mol. The largest absolute Gasteiger partial charge is 0.391 e. The van der Waals surface area contributed by atoms with E-state index in [1.807, 2.05) is 6.07 Å². The minimum absolute atomic E-state index is 0.0648. The molecule has 2 heterocycles. The summed E-state index contributed by atoms with van der Waals surface area (Å²) in [6.45, 7) is 4.51. The van der Waals surface area contributed by atoms with E-state index in [-0.39, 0.29) is 23.5 Å². The van der Waals surface area contributed by atoms with Crippen molar-refractivity contribution >= 4 is 5.91 Å². The molecule has 0 unspecified atom stereocenters. The number of aliphatic hydroxyl groups is 1. The second-order valence-electron chi connectivity index (χ2n) is 9.05. The summed E-state index contributed by atoms with van der Waals surface area (Å²) >= 11 is 0. The van der Waals surface area contributed by atoms with E-state index in [0.717, 1.165) is 58.4 Å². The Kier molecular flexibility index (Phi) is 7.89. The van der Waals surface area contributed by atoms with Crippen molar-refractivity contribution < 1.29 is 14.6 Å². The molecule has 2 N–H and O–H groups in total. The zero-order valence-corrected chi connectivity index (χ0v) is 18.7. The monoisotopic (exact) mass is 441 g/mol. The minimum atomic E-state index is -0.350. The molecule has 0 spiro atoms. The SMILES string of the molecule is O=C(CCCn1cncn1)NC[C@]1(c2ccccc2)CC[C@H](O)[C@@H](N2CCOCC2)CC1. The highest BCUT2D eigenvalue weighted by molar-refractivity contribution is 5.76. The number of hydrogen-bond acceptors (Lipinski definition) is 6. The Labute approximate surface area is 190 Å². The average molecular weight is 442 g/mol. The predicted molar refractivity (Wildman–Crippen MR) is 121 cm³/mol. The number of aliphatic hydroxyl groups excluding tert-OH is 1. The van der Waals surface area contributed by atoms with Crippen LogP contribution < -0.4 is 5.32 Å². The number of benzene rings is 1. The molecule has 1 aromatic carbocycles. The summed E-state index contributed by atoms with van der Waals surface area (Å²) in [6.07, 6.45) is 7.47. The molecule has 1 aliphatic carbocycles. The van der Waals surface area contributed by atoms with Gasteiger partial charge in [-0.25, -0.2) is 4.98 Å². The highest BCUT2D eigenvalue weighted by atomic mass is 16.5. The number of hydrogen-bond donors (Lipinski definition) is 2. The van der Waals surface area contributed by atoms with Gasteiger partial charge in [0.25, 0.3) is 0 Å². The minimum Gasteiger partial charge on any atom is -0.391 e. The Balaban J connectivity index is 1.40. The zero-order valence-electron chi connectivity index (χ0n) is 18.7. The van der Waals surface area contributed by atoms with E-state index >= 15 is 0 Å². The van der Waals surface area contributed by atoms with Crippen LogP contribution in [0.5, 0.6) is 0 Å². The molecule has 3 atom stereocenters. The van der Waals surface area contributed by atoms with Gasteiger partial charge in [0.05, 0.1) is 19.3 Å². The number of ether oxygens (including phenoxy) is 1. The predicted octanol–water partition coefficient (Wildman–Crippen LogP) is 1.75. The third-order valence-corrected chi connectivity index (χ3v) is 7.06. The maximum Gasteiger partial charge on any atom is 0.220 e. The van der Waals surface area contributed by atoms with E-state index in [4.69, 9.17) is 4.74 Å². The molecule has 0 bridgehead atoms. The van der Waals surface area contributed by atoms with Gasteiger partial charge in [-0.15, -0.1) is 0 Å². The number of aromatic nitrogens is 3. The number of carbonyl (C=O) groups is 1. The maximum atomic E-state index is 12.6. The fourth-order valence-corrected chi connectivity index (χ4v) is 5.16. The third-order valence-electron chi connectivity index (χ3n) is 7.06. The Morgan fingerprint density at radius 3 is 2.72 bits per heavy atom. The Morgan fingerprint density at radius 2 is 1.97 bits per heavy atom. The van der Waals surface area contributed by atoms with Gasteiger partial charge in [0, 0.05) is 44.1 Å². The molecule has 1 aromatic heterocycles. The van der Waals surface area contributed by atoms with Gasteiger partial charge in [0.1, 0.15) is 12.7 Å². The standard InChI is InChI=1S/C24H35N5O3/c30-22-9-11-24(20-5-2-1-3-6-20,10-8-21(22)28-13-15-32-16-14-28)17-26-23(31)7-4-12-29-19-25-18-27-29/h1-3,5-6,18-19,21-22,30H,4,7-17H2,(H,26,31)/t21-,22-,24+/m0/s1. The van der Waals surface area contributed by atoms with Crippen molar-refractivity contribution in [1.29, 1.82) is 0 Å². The molecule has 32 heavy (non-hydrogen) atoms. The molecular formula is C24H35N5O3. The Morgan fingerprint density at radius 1 is 1.19 bits per heavy atom.